The van der Waals surface area contributed by atoms with Gasteiger partial charge in [0.05, 0.1) is 49.4 Å². The fourth-order valence-electron chi connectivity index (χ4n) is 6.94. The number of hydrogen-bond donors (Lipinski definition) is 5. The Kier molecular flexibility index (Phi) is 6.99. The van der Waals surface area contributed by atoms with Gasteiger partial charge in [-0.3, -0.25) is 24.0 Å². The average Bonchev–Trinajstić information content (AvgIpc) is 3.13. The molecule has 1 aliphatic carbocycles. The zero-order valence-electron chi connectivity index (χ0n) is 25.3. The largest absolute Gasteiger partial charge is 0.504 e. The Balaban J connectivity index is 2.10. The molecule has 5 aromatic rings. The molecule has 1 atom stereocenters. The van der Waals surface area contributed by atoms with Crippen molar-refractivity contribution in [3.8, 4) is 23.0 Å². The van der Waals surface area contributed by atoms with Crippen LogP contribution in [0.3, 0.4) is 0 Å². The number of carboxylic acids is 2. The summed E-state index contributed by atoms with van der Waals surface area (Å²) in [6.45, 7) is 1.81. The number of benzene rings is 5. The lowest BCUT2D eigenvalue weighted by Crippen LogP contribution is -2.21. The Hall–Kier alpha value is -5.85. The first-order valence-electron chi connectivity index (χ1n) is 14.0. The van der Waals surface area contributed by atoms with Crippen molar-refractivity contribution in [2.24, 2.45) is 0 Å². The van der Waals surface area contributed by atoms with E-state index in [-0.39, 0.29) is 67.1 Å². The summed E-state index contributed by atoms with van der Waals surface area (Å²) in [7, 11) is 4.03. The Labute approximate surface area is 259 Å². The number of phenols is 1. The summed E-state index contributed by atoms with van der Waals surface area (Å²) in [6.07, 6.45) is 1.60. The van der Waals surface area contributed by atoms with Crippen LogP contribution in [0.1, 0.15) is 30.9 Å². The molecule has 6 rings (SSSR count). The normalized spacial score (nSPS) is 14.1. The summed E-state index contributed by atoms with van der Waals surface area (Å²) in [5.41, 5.74) is -0.375. The molecule has 1 aliphatic rings. The van der Waals surface area contributed by atoms with Crippen LogP contribution in [0.25, 0.3) is 49.2 Å². The number of fused-ring (bicyclic) bond motifs is 1. The fraction of sp³-hybridized carbons (Fsp3) is 0.242. The van der Waals surface area contributed by atoms with Gasteiger partial charge in [0.25, 0.3) is 0 Å². The fourth-order valence-corrected chi connectivity index (χ4v) is 6.94. The van der Waals surface area contributed by atoms with E-state index in [0.717, 1.165) is 0 Å². The second kappa shape index (κ2) is 10.6. The molecule has 0 bridgehead atoms. The predicted molar refractivity (Wildman–Crippen MR) is 172 cm³/mol. The number of methoxy groups -OCH3 is 3. The van der Waals surface area contributed by atoms with Gasteiger partial charge in [-0.05, 0) is 19.2 Å². The van der Waals surface area contributed by atoms with Gasteiger partial charge < -0.3 is 40.2 Å². The topological polar surface area (TPSA) is 198 Å². The van der Waals surface area contributed by atoms with Crippen molar-refractivity contribution < 1.29 is 43.9 Å². The van der Waals surface area contributed by atoms with Gasteiger partial charge in [-0.25, -0.2) is 0 Å². The molecule has 0 heterocycles. The van der Waals surface area contributed by atoms with Crippen molar-refractivity contribution in [2.75, 3.05) is 45.1 Å². The molecular formula is C33H28N2O11. The number of carboxylic acid groups (broad SMARTS) is 2. The molecule has 0 fully saturated rings. The third-order valence-corrected chi connectivity index (χ3v) is 8.52. The molecule has 5 aromatic carbocycles. The molecule has 13 heteroatoms. The molecule has 236 valence electrons. The second-order valence-electron chi connectivity index (χ2n) is 11.0. The zero-order chi connectivity index (χ0) is 33.4. The highest BCUT2D eigenvalue weighted by Crippen LogP contribution is 2.57. The van der Waals surface area contributed by atoms with Crippen molar-refractivity contribution >= 4 is 78.3 Å². The van der Waals surface area contributed by atoms with E-state index in [2.05, 4.69) is 10.6 Å². The first-order chi connectivity index (χ1) is 21.9. The smallest absolute Gasteiger partial charge is 0.322 e. The van der Waals surface area contributed by atoms with E-state index >= 15 is 0 Å². The minimum Gasteiger partial charge on any atom is -0.504 e. The number of allylic oxidation sites excluding steroid dienone is 1. The zero-order valence-corrected chi connectivity index (χ0v) is 25.3. The summed E-state index contributed by atoms with van der Waals surface area (Å²) in [6, 6.07) is 2.64. The maximum absolute atomic E-state index is 14.5. The highest BCUT2D eigenvalue weighted by molar-refractivity contribution is 6.40. The molecule has 0 radical (unpaired) electrons. The Bertz CT molecular complexity index is 2330. The van der Waals surface area contributed by atoms with E-state index < -0.39 is 47.6 Å². The average molecular weight is 629 g/mol. The van der Waals surface area contributed by atoms with Crippen LogP contribution in [0.15, 0.2) is 27.3 Å². The van der Waals surface area contributed by atoms with Gasteiger partial charge in [0.2, 0.25) is 5.43 Å². The van der Waals surface area contributed by atoms with E-state index in [9.17, 15) is 39.3 Å². The monoisotopic (exact) mass is 628 g/mol. The number of nitrogens with one attached hydrogen (secondary N) is 2. The van der Waals surface area contributed by atoms with Crippen LogP contribution in [0.4, 0.5) is 11.4 Å². The van der Waals surface area contributed by atoms with Gasteiger partial charge in [-0.15, -0.1) is 0 Å². The molecule has 0 amide bonds. The molecule has 46 heavy (non-hydrogen) atoms. The molecule has 0 aliphatic heterocycles. The number of ether oxygens (including phenoxy) is 3. The number of Topliss-reactive ketones (excluding diaryl/α,β-unsaturated/α-hetero) is 1. The van der Waals surface area contributed by atoms with Gasteiger partial charge in [0.15, 0.2) is 16.9 Å². The lowest BCUT2D eigenvalue weighted by atomic mass is 9.80. The summed E-state index contributed by atoms with van der Waals surface area (Å²) in [4.78, 5) is 64.9. The van der Waals surface area contributed by atoms with Crippen molar-refractivity contribution in [1.82, 2.24) is 0 Å². The minimum atomic E-state index is -1.25. The molecule has 0 saturated carbocycles. The van der Waals surface area contributed by atoms with E-state index in [4.69, 9.17) is 14.2 Å². The van der Waals surface area contributed by atoms with Crippen molar-refractivity contribution in [3.05, 3.63) is 49.3 Å². The van der Waals surface area contributed by atoms with Crippen LogP contribution >= 0.6 is 0 Å². The van der Waals surface area contributed by atoms with Crippen LogP contribution in [0.2, 0.25) is 0 Å². The Morgan fingerprint density at radius 2 is 1.37 bits per heavy atom. The quantitative estimate of drug-likeness (QED) is 0.111. The van der Waals surface area contributed by atoms with Crippen molar-refractivity contribution in [3.63, 3.8) is 0 Å². The maximum Gasteiger partial charge on any atom is 0.322 e. The van der Waals surface area contributed by atoms with Crippen molar-refractivity contribution in [1.29, 1.82) is 0 Å². The summed E-state index contributed by atoms with van der Waals surface area (Å²) in [5.74, 6) is -4.15. The third-order valence-electron chi connectivity index (χ3n) is 8.52. The van der Waals surface area contributed by atoms with Gasteiger partial charge in [0.1, 0.15) is 30.4 Å². The van der Waals surface area contributed by atoms with E-state index in [1.165, 1.54) is 40.4 Å². The van der Waals surface area contributed by atoms with E-state index in [1.807, 2.05) is 0 Å². The van der Waals surface area contributed by atoms with Gasteiger partial charge in [0, 0.05) is 50.2 Å². The van der Waals surface area contributed by atoms with Crippen LogP contribution in [0.5, 0.6) is 23.0 Å². The van der Waals surface area contributed by atoms with Crippen LogP contribution in [-0.2, 0) is 14.4 Å². The number of aromatic hydroxyl groups is 1. The molecule has 5 N–H and O–H groups in total. The number of rotatable bonds is 10. The summed E-state index contributed by atoms with van der Waals surface area (Å²) < 4.78 is 17.2. The van der Waals surface area contributed by atoms with Gasteiger partial charge >= 0.3 is 11.9 Å². The van der Waals surface area contributed by atoms with Crippen LogP contribution in [0, 0.1) is 0 Å². The highest BCUT2D eigenvalue weighted by Gasteiger charge is 2.37. The standard InChI is InChI=1S/C33H28N2O11/c1-11-6-13-21-26-22(31(42)30(13)35-10-19(40)41)14(34-9-18(38)39)7-16(44-3)24(26)25-17(45-4)8-15(37)23-28(25)27(21)29(20(11)12(2)36)33(46-5)32(23)43/h6-8,20,34-35,43H,9-10H2,1-5H3,(H,38,39)(H,40,41). The molecular weight excluding hydrogens is 600 g/mol. The predicted octanol–water partition coefficient (Wildman–Crippen LogP) is 3.71. The lowest BCUT2D eigenvalue weighted by molar-refractivity contribution is -0.135. The van der Waals surface area contributed by atoms with Crippen LogP contribution < -0.4 is 35.7 Å². The SMILES string of the molecule is COc1c(O)c2c(=O)cc(OC)c3c4c(OC)cc(NCC(=O)O)c5c(=O)c(NCC(=O)O)c6c(c(c1C(C(C)=O)C(C)=C6)c23)c54. The molecule has 13 nitrogen and oxygen atoms in total. The number of carbonyl (C=O) groups is 3. The van der Waals surface area contributed by atoms with E-state index in [1.54, 1.807) is 13.0 Å². The maximum atomic E-state index is 14.5. The summed E-state index contributed by atoms with van der Waals surface area (Å²) in [5, 5.41) is 37.8. The van der Waals surface area contributed by atoms with Gasteiger partial charge in [-0.2, -0.15) is 0 Å². The molecule has 0 saturated heterocycles. The Morgan fingerprint density at radius 3 is 1.93 bits per heavy atom. The van der Waals surface area contributed by atoms with Gasteiger partial charge in [-0.1, -0.05) is 11.6 Å². The minimum absolute atomic E-state index is 0.000983. The number of hydrogen-bond acceptors (Lipinski definition) is 11. The highest BCUT2D eigenvalue weighted by atomic mass is 16.5. The number of anilines is 2. The first-order valence-corrected chi connectivity index (χ1v) is 14.0. The van der Waals surface area contributed by atoms with E-state index in [0.29, 0.717) is 27.1 Å². The molecule has 1 unspecified atom stereocenters. The number of phenolic OH excluding ortho intramolecular Hbond substituents is 1. The Morgan fingerprint density at radius 1 is 0.783 bits per heavy atom. The lowest BCUT2D eigenvalue weighted by Gasteiger charge is -2.25. The van der Waals surface area contributed by atoms with Crippen molar-refractivity contribution in [2.45, 2.75) is 19.8 Å². The number of carbonyl (C=O) groups excluding carboxylic acids is 1. The molecule has 0 spiro atoms. The third kappa shape index (κ3) is 4.04. The number of aliphatic carboxylic acids is 2. The van der Waals surface area contributed by atoms with Crippen LogP contribution in [-0.4, -0.2) is 67.5 Å². The number of ketones is 1. The second-order valence-corrected chi connectivity index (χ2v) is 11.0. The first kappa shape index (κ1) is 30.2. The molecule has 0 aromatic heterocycles. The summed E-state index contributed by atoms with van der Waals surface area (Å²) >= 11 is 0.